The number of aromatic nitrogens is 3. The Morgan fingerprint density at radius 1 is 1.44 bits per heavy atom. The maximum absolute atomic E-state index is 5.78. The molecule has 6 nitrogen and oxygen atoms in total. The molecule has 1 rings (SSSR count). The number of rotatable bonds is 8. The van der Waals surface area contributed by atoms with E-state index in [1.807, 2.05) is 18.5 Å². The number of ether oxygens (including phenoxy) is 1. The molecular weight excluding hydrogens is 230 g/mol. The smallest absolute Gasteiger partial charge is 0.138 e. The molecule has 6 heteroatoms. The van der Waals surface area contributed by atoms with Gasteiger partial charge in [0.1, 0.15) is 12.2 Å². The predicted octanol–water partition coefficient (Wildman–Crippen LogP) is 0.734. The molecule has 0 aliphatic rings. The van der Waals surface area contributed by atoms with E-state index in [-0.39, 0.29) is 12.1 Å². The molecule has 0 aromatic carbocycles. The lowest BCUT2D eigenvalue weighted by Crippen LogP contribution is -2.49. The zero-order valence-electron chi connectivity index (χ0n) is 11.8. The Morgan fingerprint density at radius 2 is 2.17 bits per heavy atom. The summed E-state index contributed by atoms with van der Waals surface area (Å²) >= 11 is 0. The molecule has 0 fully saturated rings. The van der Waals surface area contributed by atoms with Crippen LogP contribution in [-0.4, -0.2) is 33.5 Å². The first kappa shape index (κ1) is 15.1. The quantitative estimate of drug-likeness (QED) is 0.529. The highest BCUT2D eigenvalue weighted by Gasteiger charge is 2.25. The number of hydrogen-bond acceptors (Lipinski definition) is 5. The zero-order chi connectivity index (χ0) is 13.5. The van der Waals surface area contributed by atoms with E-state index in [0.29, 0.717) is 18.9 Å². The van der Waals surface area contributed by atoms with E-state index < -0.39 is 0 Å². The van der Waals surface area contributed by atoms with Crippen LogP contribution in [0.2, 0.25) is 0 Å². The van der Waals surface area contributed by atoms with Crippen molar-refractivity contribution in [2.75, 3.05) is 6.61 Å². The molecular formula is C12H25N5O. The Balaban J connectivity index is 2.76. The highest BCUT2D eigenvalue weighted by molar-refractivity contribution is 4.93. The molecule has 1 aromatic heterocycles. The third-order valence-electron chi connectivity index (χ3n) is 3.02. The van der Waals surface area contributed by atoms with Crippen molar-refractivity contribution in [1.29, 1.82) is 0 Å². The van der Waals surface area contributed by atoms with Crippen molar-refractivity contribution in [2.45, 2.75) is 52.8 Å². The van der Waals surface area contributed by atoms with Crippen LogP contribution in [0.5, 0.6) is 0 Å². The minimum Gasteiger partial charge on any atom is -0.377 e. The van der Waals surface area contributed by atoms with Crippen molar-refractivity contribution in [3.8, 4) is 0 Å². The van der Waals surface area contributed by atoms with Crippen LogP contribution in [0.4, 0.5) is 0 Å². The van der Waals surface area contributed by atoms with Crippen molar-refractivity contribution < 1.29 is 4.74 Å². The molecule has 0 saturated heterocycles. The molecule has 0 spiro atoms. The first-order valence-electron chi connectivity index (χ1n) is 6.58. The number of nitrogens with zero attached hydrogens (tertiary/aromatic N) is 3. The van der Waals surface area contributed by atoms with E-state index in [9.17, 15) is 0 Å². The molecule has 104 valence electrons. The monoisotopic (exact) mass is 255 g/mol. The van der Waals surface area contributed by atoms with Gasteiger partial charge in [0.15, 0.2) is 0 Å². The molecule has 0 bridgehead atoms. The van der Waals surface area contributed by atoms with Crippen molar-refractivity contribution in [1.82, 2.24) is 20.2 Å². The normalized spacial score (nSPS) is 15.0. The summed E-state index contributed by atoms with van der Waals surface area (Å²) in [6.45, 7) is 9.81. The highest BCUT2D eigenvalue weighted by atomic mass is 16.5. The number of nitrogens with two attached hydrogens (primary N) is 1. The topological polar surface area (TPSA) is 78.0 Å². The van der Waals surface area contributed by atoms with Gasteiger partial charge in [0, 0.05) is 19.6 Å². The molecule has 0 aliphatic heterocycles. The van der Waals surface area contributed by atoms with Gasteiger partial charge in [-0.15, -0.1) is 0 Å². The van der Waals surface area contributed by atoms with Gasteiger partial charge in [-0.2, -0.15) is 5.10 Å². The summed E-state index contributed by atoms with van der Waals surface area (Å²) in [6, 6.07) is 0.0412. The van der Waals surface area contributed by atoms with E-state index in [4.69, 9.17) is 10.6 Å². The summed E-state index contributed by atoms with van der Waals surface area (Å²) in [5.74, 6) is 6.99. The Morgan fingerprint density at radius 3 is 2.67 bits per heavy atom. The van der Waals surface area contributed by atoms with Gasteiger partial charge >= 0.3 is 0 Å². The standard InChI is InChI=1S/C12H25N5O/c1-5-17-11(14-8-15-17)7-10(16-13)12(9(3)4)18-6-2/h8-10,12,16H,5-7,13H2,1-4H3. The van der Waals surface area contributed by atoms with E-state index in [2.05, 4.69) is 29.4 Å². The summed E-state index contributed by atoms with van der Waals surface area (Å²) in [6.07, 6.45) is 2.37. The molecule has 3 N–H and O–H groups in total. The second-order valence-electron chi connectivity index (χ2n) is 4.63. The highest BCUT2D eigenvalue weighted by Crippen LogP contribution is 2.14. The van der Waals surface area contributed by atoms with E-state index >= 15 is 0 Å². The molecule has 1 aromatic rings. The van der Waals surface area contributed by atoms with Crippen LogP contribution >= 0.6 is 0 Å². The second kappa shape index (κ2) is 7.45. The number of hydrazine groups is 1. The summed E-state index contributed by atoms with van der Waals surface area (Å²) in [5.41, 5.74) is 2.85. The zero-order valence-corrected chi connectivity index (χ0v) is 11.8. The number of nitrogens with one attached hydrogen (secondary N) is 1. The van der Waals surface area contributed by atoms with Crippen LogP contribution in [0, 0.1) is 5.92 Å². The molecule has 2 atom stereocenters. The molecule has 0 radical (unpaired) electrons. The SMILES string of the molecule is CCOC(C(C)C)C(Cc1ncnn1CC)NN. The first-order valence-corrected chi connectivity index (χ1v) is 6.58. The third kappa shape index (κ3) is 3.76. The maximum Gasteiger partial charge on any atom is 0.138 e. The van der Waals surface area contributed by atoms with Gasteiger partial charge in [-0.05, 0) is 19.8 Å². The predicted molar refractivity (Wildman–Crippen MR) is 70.8 cm³/mol. The van der Waals surface area contributed by atoms with Gasteiger partial charge < -0.3 is 4.74 Å². The third-order valence-corrected chi connectivity index (χ3v) is 3.02. The van der Waals surface area contributed by atoms with Crippen LogP contribution in [0.3, 0.4) is 0 Å². The van der Waals surface area contributed by atoms with Gasteiger partial charge in [0.05, 0.1) is 12.1 Å². The Hall–Kier alpha value is -0.980. The fourth-order valence-electron chi connectivity index (χ4n) is 2.14. The van der Waals surface area contributed by atoms with Crippen molar-refractivity contribution in [3.05, 3.63) is 12.2 Å². The van der Waals surface area contributed by atoms with Crippen LogP contribution in [0.25, 0.3) is 0 Å². The lowest BCUT2D eigenvalue weighted by atomic mass is 9.97. The van der Waals surface area contributed by atoms with Gasteiger partial charge in [0.25, 0.3) is 0 Å². The largest absolute Gasteiger partial charge is 0.377 e. The second-order valence-corrected chi connectivity index (χ2v) is 4.63. The van der Waals surface area contributed by atoms with Crippen LogP contribution in [0.15, 0.2) is 6.33 Å². The van der Waals surface area contributed by atoms with Crippen molar-refractivity contribution >= 4 is 0 Å². The lowest BCUT2D eigenvalue weighted by Gasteiger charge is -2.29. The molecule has 18 heavy (non-hydrogen) atoms. The summed E-state index contributed by atoms with van der Waals surface area (Å²) in [4.78, 5) is 4.28. The Kier molecular flexibility index (Phi) is 6.24. The molecule has 0 amide bonds. The Labute approximate surface area is 109 Å². The maximum atomic E-state index is 5.78. The van der Waals surface area contributed by atoms with Crippen LogP contribution in [-0.2, 0) is 17.7 Å². The van der Waals surface area contributed by atoms with Crippen molar-refractivity contribution in [2.24, 2.45) is 11.8 Å². The minimum absolute atomic E-state index is 0.0412. The van der Waals surface area contributed by atoms with Gasteiger partial charge in [-0.3, -0.25) is 16.0 Å². The summed E-state index contributed by atoms with van der Waals surface area (Å²) in [5, 5.41) is 4.17. The van der Waals surface area contributed by atoms with E-state index in [0.717, 1.165) is 12.4 Å². The van der Waals surface area contributed by atoms with Gasteiger partial charge in [0.2, 0.25) is 0 Å². The first-order chi connectivity index (χ1) is 8.63. The lowest BCUT2D eigenvalue weighted by molar-refractivity contribution is 0.00289. The molecule has 0 saturated carbocycles. The fourth-order valence-corrected chi connectivity index (χ4v) is 2.14. The number of hydrogen-bond donors (Lipinski definition) is 2. The fraction of sp³-hybridized carbons (Fsp3) is 0.833. The van der Waals surface area contributed by atoms with Crippen molar-refractivity contribution in [3.63, 3.8) is 0 Å². The summed E-state index contributed by atoms with van der Waals surface area (Å²) < 4.78 is 7.66. The minimum atomic E-state index is 0.0412. The molecule has 1 heterocycles. The van der Waals surface area contributed by atoms with Crippen LogP contribution < -0.4 is 11.3 Å². The average molecular weight is 255 g/mol. The van der Waals surface area contributed by atoms with Gasteiger partial charge in [-0.25, -0.2) is 4.98 Å². The Bertz CT molecular complexity index is 339. The van der Waals surface area contributed by atoms with Crippen LogP contribution in [0.1, 0.15) is 33.5 Å². The molecule has 0 aliphatic carbocycles. The number of aryl methyl sites for hydroxylation is 1. The van der Waals surface area contributed by atoms with Gasteiger partial charge in [-0.1, -0.05) is 13.8 Å². The average Bonchev–Trinajstić information content (AvgIpc) is 2.80. The summed E-state index contributed by atoms with van der Waals surface area (Å²) in [7, 11) is 0. The van der Waals surface area contributed by atoms with E-state index in [1.165, 1.54) is 0 Å². The molecule has 2 unspecified atom stereocenters. The van der Waals surface area contributed by atoms with E-state index in [1.54, 1.807) is 6.33 Å².